The van der Waals surface area contributed by atoms with Crippen LogP contribution in [0, 0.1) is 24.2 Å². The standard InChI is InChI=1S/C20H25N3O4/c1-12-14(18(25)27-20(4,5)9-10-21)15-13(7-8-19(2,3)26)11-23(6)17(24)16(15)22-12/h10-11,21-22,26H,9H2,1-6H3. The van der Waals surface area contributed by atoms with E-state index in [9.17, 15) is 14.7 Å². The van der Waals surface area contributed by atoms with Gasteiger partial charge in [0.25, 0.3) is 5.56 Å². The third-order valence-electron chi connectivity index (χ3n) is 3.98. The molecule has 27 heavy (non-hydrogen) atoms. The molecule has 0 atom stereocenters. The van der Waals surface area contributed by atoms with Crippen LogP contribution in [-0.4, -0.2) is 38.0 Å². The van der Waals surface area contributed by atoms with E-state index in [0.29, 0.717) is 16.6 Å². The maximum Gasteiger partial charge on any atom is 0.341 e. The number of esters is 1. The van der Waals surface area contributed by atoms with E-state index in [2.05, 4.69) is 16.8 Å². The highest BCUT2D eigenvalue weighted by Gasteiger charge is 2.28. The van der Waals surface area contributed by atoms with E-state index < -0.39 is 17.2 Å². The molecule has 0 aliphatic heterocycles. The molecule has 144 valence electrons. The topological polar surface area (TPSA) is 108 Å². The highest BCUT2D eigenvalue weighted by atomic mass is 16.6. The van der Waals surface area contributed by atoms with Crippen LogP contribution in [0.3, 0.4) is 0 Å². The van der Waals surface area contributed by atoms with E-state index in [0.717, 1.165) is 0 Å². The number of aromatic amines is 1. The summed E-state index contributed by atoms with van der Waals surface area (Å²) in [6.07, 6.45) is 2.99. The molecule has 7 nitrogen and oxygen atoms in total. The normalized spacial score (nSPS) is 11.8. The monoisotopic (exact) mass is 371 g/mol. The van der Waals surface area contributed by atoms with Crippen molar-refractivity contribution in [3.63, 3.8) is 0 Å². The number of nitrogens with zero attached hydrogens (tertiary/aromatic N) is 1. The molecule has 0 aliphatic carbocycles. The molecule has 0 amide bonds. The van der Waals surface area contributed by atoms with Crippen LogP contribution in [0.1, 0.15) is 55.7 Å². The van der Waals surface area contributed by atoms with E-state index >= 15 is 0 Å². The van der Waals surface area contributed by atoms with Crippen molar-refractivity contribution < 1.29 is 14.6 Å². The summed E-state index contributed by atoms with van der Waals surface area (Å²) in [5, 5.41) is 17.5. The Hall–Kier alpha value is -2.85. The lowest BCUT2D eigenvalue weighted by atomic mass is 10.0. The van der Waals surface area contributed by atoms with Gasteiger partial charge < -0.3 is 24.8 Å². The van der Waals surface area contributed by atoms with Gasteiger partial charge in [-0.25, -0.2) is 4.79 Å². The van der Waals surface area contributed by atoms with Crippen molar-refractivity contribution >= 4 is 23.1 Å². The van der Waals surface area contributed by atoms with Crippen LogP contribution in [-0.2, 0) is 11.8 Å². The maximum atomic E-state index is 12.9. The first-order valence-corrected chi connectivity index (χ1v) is 8.56. The molecule has 0 saturated heterocycles. The Morgan fingerprint density at radius 2 is 2.04 bits per heavy atom. The van der Waals surface area contributed by atoms with Crippen LogP contribution in [0.4, 0.5) is 0 Å². The Morgan fingerprint density at radius 1 is 1.41 bits per heavy atom. The molecule has 2 heterocycles. The lowest BCUT2D eigenvalue weighted by Gasteiger charge is -2.23. The summed E-state index contributed by atoms with van der Waals surface area (Å²) in [5.74, 6) is 4.99. The number of ether oxygens (including phenoxy) is 1. The summed E-state index contributed by atoms with van der Waals surface area (Å²) in [6, 6.07) is 0. The fraction of sp³-hybridized carbons (Fsp3) is 0.450. The van der Waals surface area contributed by atoms with Gasteiger partial charge in [-0.1, -0.05) is 11.8 Å². The van der Waals surface area contributed by atoms with E-state index in [4.69, 9.17) is 10.1 Å². The fourth-order valence-electron chi connectivity index (χ4n) is 2.71. The molecular formula is C20H25N3O4. The number of H-pyrrole nitrogens is 1. The number of carbonyl (C=O) groups is 1. The highest BCUT2D eigenvalue weighted by Crippen LogP contribution is 2.26. The van der Waals surface area contributed by atoms with E-state index in [1.165, 1.54) is 17.0 Å². The SMILES string of the molecule is Cc1[nH]c2c(=O)n(C)cc(C#CC(C)(C)O)c2c1C(=O)OC(C)(C)CC=N. The highest BCUT2D eigenvalue weighted by molar-refractivity contribution is 6.07. The average molecular weight is 371 g/mol. The zero-order valence-corrected chi connectivity index (χ0v) is 16.5. The molecule has 2 rings (SSSR count). The molecule has 0 spiro atoms. The quantitative estimate of drug-likeness (QED) is 0.435. The second-order valence-electron chi connectivity index (χ2n) is 7.70. The molecule has 3 N–H and O–H groups in total. The Balaban J connectivity index is 2.73. The van der Waals surface area contributed by atoms with Gasteiger partial charge in [0, 0.05) is 30.7 Å². The molecule has 0 fully saturated rings. The second-order valence-corrected chi connectivity index (χ2v) is 7.70. The minimum Gasteiger partial charge on any atom is -0.456 e. The van der Waals surface area contributed by atoms with Gasteiger partial charge in [0.2, 0.25) is 0 Å². The fourth-order valence-corrected chi connectivity index (χ4v) is 2.71. The largest absolute Gasteiger partial charge is 0.456 e. The molecule has 7 heteroatoms. The van der Waals surface area contributed by atoms with Crippen molar-refractivity contribution in [2.45, 2.75) is 52.2 Å². The van der Waals surface area contributed by atoms with Gasteiger partial charge in [-0.3, -0.25) is 4.79 Å². The van der Waals surface area contributed by atoms with Gasteiger partial charge in [-0.2, -0.15) is 0 Å². The molecule has 2 aromatic rings. The van der Waals surface area contributed by atoms with Crippen molar-refractivity contribution in [1.29, 1.82) is 5.41 Å². The van der Waals surface area contributed by atoms with Crippen molar-refractivity contribution in [1.82, 2.24) is 9.55 Å². The number of fused-ring (bicyclic) bond motifs is 1. The summed E-state index contributed by atoms with van der Waals surface area (Å²) in [4.78, 5) is 28.3. The molecule has 0 aromatic carbocycles. The third kappa shape index (κ3) is 4.47. The lowest BCUT2D eigenvalue weighted by molar-refractivity contribution is 0.00272. The summed E-state index contributed by atoms with van der Waals surface area (Å²) >= 11 is 0. The number of aromatic nitrogens is 2. The summed E-state index contributed by atoms with van der Waals surface area (Å²) < 4.78 is 6.94. The van der Waals surface area contributed by atoms with Crippen molar-refractivity contribution in [2.24, 2.45) is 7.05 Å². The smallest absolute Gasteiger partial charge is 0.341 e. The van der Waals surface area contributed by atoms with Crippen molar-refractivity contribution in [3.8, 4) is 11.8 Å². The molecule has 0 unspecified atom stereocenters. The number of rotatable bonds is 4. The number of aryl methyl sites for hydroxylation is 2. The number of carbonyl (C=O) groups excluding carboxylic acids is 1. The molecule has 0 bridgehead atoms. The van der Waals surface area contributed by atoms with Gasteiger partial charge in [-0.05, 0) is 40.8 Å². The maximum absolute atomic E-state index is 12.9. The predicted molar refractivity (Wildman–Crippen MR) is 104 cm³/mol. The third-order valence-corrected chi connectivity index (χ3v) is 3.98. The van der Waals surface area contributed by atoms with Crippen LogP contribution in [0.5, 0.6) is 0 Å². The minimum atomic E-state index is -1.22. The molecule has 0 aliphatic rings. The van der Waals surface area contributed by atoms with Gasteiger partial charge in [0.15, 0.2) is 0 Å². The van der Waals surface area contributed by atoms with Gasteiger partial charge in [0.05, 0.1) is 11.1 Å². The molecule has 0 radical (unpaired) electrons. The zero-order chi connectivity index (χ0) is 20.6. The lowest BCUT2D eigenvalue weighted by Crippen LogP contribution is -2.28. The van der Waals surface area contributed by atoms with E-state index in [1.54, 1.807) is 41.7 Å². The molecule has 2 aromatic heterocycles. The number of aliphatic hydroxyl groups is 1. The average Bonchev–Trinajstić information content (AvgIpc) is 2.85. The van der Waals surface area contributed by atoms with Crippen molar-refractivity contribution in [2.75, 3.05) is 0 Å². The van der Waals surface area contributed by atoms with Crippen LogP contribution in [0.2, 0.25) is 0 Å². The van der Waals surface area contributed by atoms with Crippen LogP contribution < -0.4 is 5.56 Å². The van der Waals surface area contributed by atoms with E-state index in [-0.39, 0.29) is 23.1 Å². The van der Waals surface area contributed by atoms with Gasteiger partial charge in [-0.15, -0.1) is 0 Å². The molecular weight excluding hydrogens is 346 g/mol. The summed E-state index contributed by atoms with van der Waals surface area (Å²) in [6.45, 7) is 8.22. The van der Waals surface area contributed by atoms with Gasteiger partial charge >= 0.3 is 5.97 Å². The summed E-state index contributed by atoms with van der Waals surface area (Å²) in [5.41, 5.74) is -0.937. The van der Waals surface area contributed by atoms with E-state index in [1.807, 2.05) is 0 Å². The second kappa shape index (κ2) is 7.05. The first-order valence-electron chi connectivity index (χ1n) is 8.56. The Bertz CT molecular complexity index is 1020. The van der Waals surface area contributed by atoms with Crippen molar-refractivity contribution in [3.05, 3.63) is 33.4 Å². The Labute approximate surface area is 157 Å². The zero-order valence-electron chi connectivity index (χ0n) is 16.5. The minimum absolute atomic E-state index is 0.237. The van der Waals surface area contributed by atoms with Crippen LogP contribution in [0.15, 0.2) is 11.0 Å². The van der Waals surface area contributed by atoms with Gasteiger partial charge in [0.1, 0.15) is 16.7 Å². The Kier molecular flexibility index (Phi) is 5.34. The first kappa shape index (κ1) is 20.5. The Morgan fingerprint density at radius 3 is 2.59 bits per heavy atom. The summed E-state index contributed by atoms with van der Waals surface area (Å²) in [7, 11) is 1.60. The number of nitrogens with one attached hydrogen (secondary N) is 2. The number of hydrogen-bond donors (Lipinski definition) is 3. The number of pyridine rings is 1. The molecule has 0 saturated carbocycles. The first-order chi connectivity index (χ1) is 12.4. The van der Waals surface area contributed by atoms with Crippen LogP contribution >= 0.6 is 0 Å². The van der Waals surface area contributed by atoms with Crippen LogP contribution in [0.25, 0.3) is 10.9 Å². The predicted octanol–water partition coefficient (Wildman–Crippen LogP) is 2.27. The number of hydrogen-bond acceptors (Lipinski definition) is 5.